The number of anilines is 1. The average Bonchev–Trinajstić information content (AvgIpc) is 2.92. The van der Waals surface area contributed by atoms with E-state index >= 15 is 0 Å². The summed E-state index contributed by atoms with van der Waals surface area (Å²) < 4.78 is 39.1. The van der Waals surface area contributed by atoms with Crippen molar-refractivity contribution >= 4 is 17.5 Å². The molecule has 1 aliphatic rings. The molecule has 0 heterocycles. The molecule has 0 bridgehead atoms. The summed E-state index contributed by atoms with van der Waals surface area (Å²) in [7, 11) is 1.87. The maximum Gasteiger partial charge on any atom is 0.416 e. The third-order valence-corrected chi connectivity index (χ3v) is 7.36. The van der Waals surface area contributed by atoms with Crippen LogP contribution in [0.15, 0.2) is 72.8 Å². The number of nitrogens with zero attached hydrogens (tertiary/aromatic N) is 2. The number of likely N-dealkylation sites (N-methyl/N-ethyl adjacent to an activating group) is 1. The molecule has 0 aliphatic heterocycles. The second-order valence-electron chi connectivity index (χ2n) is 10.0. The van der Waals surface area contributed by atoms with Crippen LogP contribution in [0.25, 0.3) is 0 Å². The molecule has 0 saturated heterocycles. The first kappa shape index (κ1) is 27.4. The van der Waals surface area contributed by atoms with Crippen LogP contribution in [0.5, 0.6) is 0 Å². The van der Waals surface area contributed by atoms with Gasteiger partial charge in [0.25, 0.3) is 5.91 Å². The van der Waals surface area contributed by atoms with Crippen LogP contribution in [-0.2, 0) is 23.9 Å². The zero-order valence-electron chi connectivity index (χ0n) is 21.8. The summed E-state index contributed by atoms with van der Waals surface area (Å²) in [6, 6.07) is 19.6. The summed E-state index contributed by atoms with van der Waals surface area (Å²) in [5, 5.41) is 0. The van der Waals surface area contributed by atoms with Crippen molar-refractivity contribution in [2.45, 2.75) is 64.2 Å². The molecular weight excluding hydrogens is 489 g/mol. The second-order valence-corrected chi connectivity index (χ2v) is 10.0. The molecule has 3 aromatic rings. The van der Waals surface area contributed by atoms with Crippen LogP contribution < -0.4 is 4.90 Å². The lowest BCUT2D eigenvalue weighted by atomic mass is 9.94. The average molecular weight is 523 g/mol. The van der Waals surface area contributed by atoms with E-state index in [9.17, 15) is 22.8 Å². The van der Waals surface area contributed by atoms with Gasteiger partial charge in [0.05, 0.1) is 18.5 Å². The lowest BCUT2D eigenvalue weighted by molar-refractivity contribution is -0.137. The molecular formula is C31H33F3N2O2. The van der Waals surface area contributed by atoms with Gasteiger partial charge in [-0.3, -0.25) is 9.59 Å². The SMILES string of the molecule is Cc1ccccc1C(=O)N(Cc1ccc(C(F)(F)F)cc1)c1ccc(CC(=O)N(C)C2CCCCC2)cc1. The highest BCUT2D eigenvalue weighted by molar-refractivity contribution is 6.07. The molecule has 0 aromatic heterocycles. The van der Waals surface area contributed by atoms with E-state index in [0.717, 1.165) is 48.9 Å². The summed E-state index contributed by atoms with van der Waals surface area (Å²) in [6.07, 6.45) is 1.47. The lowest BCUT2D eigenvalue weighted by Gasteiger charge is -2.31. The standard InChI is InChI=1S/C31H33F3N2O2/c1-22-8-6-7-11-28(22)30(38)36(21-24-12-16-25(17-13-24)31(32,33)34)27-18-14-23(15-19-27)20-29(37)35(2)26-9-4-3-5-10-26/h6-8,11-19,26H,3-5,9-10,20-21H2,1-2H3. The van der Waals surface area contributed by atoms with Crippen LogP contribution in [0.4, 0.5) is 18.9 Å². The lowest BCUT2D eigenvalue weighted by Crippen LogP contribution is -2.39. The summed E-state index contributed by atoms with van der Waals surface area (Å²) in [5.74, 6) is -0.175. The minimum atomic E-state index is -4.42. The fraction of sp³-hybridized carbons (Fsp3) is 0.355. The number of halogens is 3. The number of benzene rings is 3. The summed E-state index contributed by atoms with van der Waals surface area (Å²) >= 11 is 0. The van der Waals surface area contributed by atoms with Gasteiger partial charge < -0.3 is 9.80 Å². The Kier molecular flexibility index (Phi) is 8.55. The first-order valence-electron chi connectivity index (χ1n) is 13.0. The van der Waals surface area contributed by atoms with Gasteiger partial charge in [0.2, 0.25) is 5.91 Å². The number of carbonyl (C=O) groups is 2. The molecule has 3 aromatic carbocycles. The van der Waals surface area contributed by atoms with Crippen LogP contribution >= 0.6 is 0 Å². The van der Waals surface area contributed by atoms with Crippen molar-refractivity contribution in [2.24, 2.45) is 0 Å². The van der Waals surface area contributed by atoms with Crippen molar-refractivity contribution in [3.8, 4) is 0 Å². The van der Waals surface area contributed by atoms with Crippen molar-refractivity contribution < 1.29 is 22.8 Å². The first-order chi connectivity index (χ1) is 18.1. The predicted molar refractivity (Wildman–Crippen MR) is 143 cm³/mol. The molecule has 0 N–H and O–H groups in total. The topological polar surface area (TPSA) is 40.6 Å². The molecule has 7 heteroatoms. The maximum atomic E-state index is 13.6. The van der Waals surface area contributed by atoms with Gasteiger partial charge in [0, 0.05) is 24.3 Å². The maximum absolute atomic E-state index is 13.6. The zero-order valence-corrected chi connectivity index (χ0v) is 21.8. The molecule has 0 spiro atoms. The Morgan fingerprint density at radius 2 is 1.45 bits per heavy atom. The number of aryl methyl sites for hydroxylation is 1. The Bertz CT molecular complexity index is 1250. The third kappa shape index (κ3) is 6.63. The summed E-state index contributed by atoms with van der Waals surface area (Å²) in [4.78, 5) is 29.9. The summed E-state index contributed by atoms with van der Waals surface area (Å²) in [6.45, 7) is 1.95. The zero-order chi connectivity index (χ0) is 27.3. The first-order valence-corrected chi connectivity index (χ1v) is 13.0. The molecule has 0 atom stereocenters. The monoisotopic (exact) mass is 522 g/mol. The van der Waals surface area contributed by atoms with Crippen molar-refractivity contribution in [3.05, 3.63) is 101 Å². The van der Waals surface area contributed by atoms with Gasteiger partial charge in [-0.2, -0.15) is 13.2 Å². The highest BCUT2D eigenvalue weighted by Crippen LogP contribution is 2.30. The highest BCUT2D eigenvalue weighted by atomic mass is 19.4. The highest BCUT2D eigenvalue weighted by Gasteiger charge is 2.30. The van der Waals surface area contributed by atoms with E-state index in [-0.39, 0.29) is 24.8 Å². The van der Waals surface area contributed by atoms with Gasteiger partial charge in [-0.1, -0.05) is 61.7 Å². The molecule has 0 radical (unpaired) electrons. The van der Waals surface area contributed by atoms with E-state index in [1.165, 1.54) is 18.6 Å². The molecule has 4 rings (SSSR count). The van der Waals surface area contributed by atoms with Crippen LogP contribution in [0.2, 0.25) is 0 Å². The van der Waals surface area contributed by atoms with E-state index in [1.807, 2.05) is 43.1 Å². The van der Waals surface area contributed by atoms with E-state index < -0.39 is 11.7 Å². The molecule has 0 unspecified atom stereocenters. The van der Waals surface area contributed by atoms with Gasteiger partial charge in [0.1, 0.15) is 0 Å². The Labute approximate surface area is 222 Å². The van der Waals surface area contributed by atoms with Crippen LogP contribution in [-0.4, -0.2) is 29.8 Å². The molecule has 1 saturated carbocycles. The van der Waals surface area contributed by atoms with E-state index in [1.54, 1.807) is 29.2 Å². The van der Waals surface area contributed by atoms with Gasteiger partial charge in [-0.05, 0) is 66.8 Å². The van der Waals surface area contributed by atoms with Crippen molar-refractivity contribution in [1.29, 1.82) is 0 Å². The normalized spacial score (nSPS) is 14.2. The van der Waals surface area contributed by atoms with Crippen molar-refractivity contribution in [3.63, 3.8) is 0 Å². The van der Waals surface area contributed by atoms with Crippen molar-refractivity contribution in [2.75, 3.05) is 11.9 Å². The number of alkyl halides is 3. The minimum absolute atomic E-state index is 0.0715. The van der Waals surface area contributed by atoms with Gasteiger partial charge in [0.15, 0.2) is 0 Å². The fourth-order valence-electron chi connectivity index (χ4n) is 4.99. The predicted octanol–water partition coefficient (Wildman–Crippen LogP) is 7.19. The smallest absolute Gasteiger partial charge is 0.342 e. The number of carbonyl (C=O) groups excluding carboxylic acids is 2. The number of rotatable bonds is 7. The van der Waals surface area contributed by atoms with E-state index in [4.69, 9.17) is 0 Å². The van der Waals surface area contributed by atoms with Crippen molar-refractivity contribution in [1.82, 2.24) is 4.90 Å². The molecule has 1 fully saturated rings. The Morgan fingerprint density at radius 1 is 0.842 bits per heavy atom. The molecule has 38 heavy (non-hydrogen) atoms. The molecule has 4 nitrogen and oxygen atoms in total. The van der Waals surface area contributed by atoms with Gasteiger partial charge >= 0.3 is 6.18 Å². The van der Waals surface area contributed by atoms with Crippen LogP contribution in [0.3, 0.4) is 0 Å². The van der Waals surface area contributed by atoms with Crippen LogP contribution in [0, 0.1) is 6.92 Å². The Balaban J connectivity index is 1.55. The van der Waals surface area contributed by atoms with E-state index in [0.29, 0.717) is 22.9 Å². The second kappa shape index (κ2) is 11.8. The largest absolute Gasteiger partial charge is 0.416 e. The minimum Gasteiger partial charge on any atom is -0.342 e. The van der Waals surface area contributed by atoms with E-state index in [2.05, 4.69) is 0 Å². The molecule has 2 amide bonds. The Morgan fingerprint density at radius 3 is 2.05 bits per heavy atom. The number of amides is 2. The summed E-state index contributed by atoms with van der Waals surface area (Å²) in [5.41, 5.74) is 2.63. The fourth-order valence-corrected chi connectivity index (χ4v) is 4.99. The molecule has 1 aliphatic carbocycles. The van der Waals surface area contributed by atoms with Gasteiger partial charge in [-0.15, -0.1) is 0 Å². The Hall–Kier alpha value is -3.61. The number of hydrogen-bond acceptors (Lipinski definition) is 2. The van der Waals surface area contributed by atoms with Gasteiger partial charge in [-0.25, -0.2) is 0 Å². The third-order valence-electron chi connectivity index (χ3n) is 7.36. The van der Waals surface area contributed by atoms with Crippen LogP contribution in [0.1, 0.15) is 64.7 Å². The quantitative estimate of drug-likeness (QED) is 0.329. The molecule has 200 valence electrons. The number of hydrogen-bond donors (Lipinski definition) is 0.